The molecular weight excluding hydrogens is 268 g/mol. The molecule has 0 bridgehead atoms. The molecule has 3 nitrogen and oxygen atoms in total. The van der Waals surface area contributed by atoms with Crippen molar-refractivity contribution in [3.8, 4) is 0 Å². The first-order valence-corrected chi connectivity index (χ1v) is 7.24. The Morgan fingerprint density at radius 2 is 1.95 bits per heavy atom. The van der Waals surface area contributed by atoms with Gasteiger partial charge in [-0.25, -0.2) is 0 Å². The summed E-state index contributed by atoms with van der Waals surface area (Å²) in [6, 6.07) is 14.1. The lowest BCUT2D eigenvalue weighted by molar-refractivity contribution is 1.17. The Morgan fingerprint density at radius 3 is 2.85 bits per heavy atom. The number of H-pyrrole nitrogens is 1. The van der Waals surface area contributed by atoms with Gasteiger partial charge in [-0.2, -0.15) is 0 Å². The maximum Gasteiger partial charge on any atom is 0.264 e. The standard InChI is InChI=1S/C16H12N2OS/c1-9-6-7-12-13(8-9)20-15-14(17-12)10-4-2-3-5-11(10)18-16(15)19/h2-8,17H,1H3,(H,18,19). The number of aromatic nitrogens is 1. The van der Waals surface area contributed by atoms with Crippen molar-refractivity contribution < 1.29 is 0 Å². The molecule has 2 N–H and O–H groups in total. The molecule has 0 aliphatic carbocycles. The molecule has 4 heteroatoms. The summed E-state index contributed by atoms with van der Waals surface area (Å²) in [4.78, 5) is 17.0. The van der Waals surface area contributed by atoms with Crippen LogP contribution in [0.25, 0.3) is 10.9 Å². The molecule has 1 aliphatic rings. The zero-order chi connectivity index (χ0) is 13.7. The average molecular weight is 280 g/mol. The molecule has 0 saturated carbocycles. The number of anilines is 2. The van der Waals surface area contributed by atoms with Crippen molar-refractivity contribution in [1.29, 1.82) is 0 Å². The summed E-state index contributed by atoms with van der Waals surface area (Å²) in [5.74, 6) is 0. The van der Waals surface area contributed by atoms with Crippen molar-refractivity contribution in [2.24, 2.45) is 0 Å². The summed E-state index contributed by atoms with van der Waals surface area (Å²) < 4.78 is 0. The Labute approximate surface area is 120 Å². The van der Waals surface area contributed by atoms with E-state index in [1.807, 2.05) is 24.3 Å². The van der Waals surface area contributed by atoms with Crippen LogP contribution in [0.5, 0.6) is 0 Å². The van der Waals surface area contributed by atoms with Gasteiger partial charge in [-0.3, -0.25) is 4.79 Å². The molecule has 0 spiro atoms. The van der Waals surface area contributed by atoms with Gasteiger partial charge in [0.1, 0.15) is 4.90 Å². The fourth-order valence-corrected chi connectivity index (χ4v) is 3.61. The van der Waals surface area contributed by atoms with Gasteiger partial charge in [0.15, 0.2) is 0 Å². The van der Waals surface area contributed by atoms with Gasteiger partial charge in [0.25, 0.3) is 5.56 Å². The Bertz CT molecular complexity index is 899. The fourth-order valence-electron chi connectivity index (χ4n) is 2.51. The van der Waals surface area contributed by atoms with E-state index in [-0.39, 0.29) is 5.56 Å². The lowest BCUT2D eigenvalue weighted by Crippen LogP contribution is -2.14. The zero-order valence-corrected chi connectivity index (χ0v) is 11.7. The number of pyridine rings is 1. The molecule has 1 aromatic heterocycles. The largest absolute Gasteiger partial charge is 0.353 e. The van der Waals surface area contributed by atoms with E-state index in [2.05, 4.69) is 35.4 Å². The summed E-state index contributed by atoms with van der Waals surface area (Å²) >= 11 is 1.53. The molecule has 98 valence electrons. The Balaban J connectivity index is 2.01. The first-order valence-electron chi connectivity index (χ1n) is 6.43. The van der Waals surface area contributed by atoms with Crippen LogP contribution in [-0.4, -0.2) is 4.98 Å². The maximum absolute atomic E-state index is 12.3. The van der Waals surface area contributed by atoms with Gasteiger partial charge in [-0.05, 0) is 30.7 Å². The third kappa shape index (κ3) is 1.65. The minimum absolute atomic E-state index is 0.0386. The SMILES string of the molecule is Cc1ccc2c(c1)Sc1c(c3ccccc3[nH]c1=O)N2. The highest BCUT2D eigenvalue weighted by atomic mass is 32.2. The molecule has 0 unspecified atom stereocenters. The second-order valence-electron chi connectivity index (χ2n) is 4.93. The number of rotatable bonds is 0. The highest BCUT2D eigenvalue weighted by Gasteiger charge is 2.20. The van der Waals surface area contributed by atoms with Crippen LogP contribution >= 0.6 is 11.8 Å². The fraction of sp³-hybridized carbons (Fsp3) is 0.0625. The van der Waals surface area contributed by atoms with Crippen LogP contribution in [0.3, 0.4) is 0 Å². The number of benzene rings is 2. The first-order chi connectivity index (χ1) is 9.72. The third-order valence-electron chi connectivity index (χ3n) is 3.49. The van der Waals surface area contributed by atoms with Gasteiger partial charge in [0.2, 0.25) is 0 Å². The van der Waals surface area contributed by atoms with Gasteiger partial charge in [-0.1, -0.05) is 36.0 Å². The van der Waals surface area contributed by atoms with E-state index in [0.29, 0.717) is 0 Å². The number of hydrogen-bond donors (Lipinski definition) is 2. The number of aryl methyl sites for hydroxylation is 1. The number of hydrogen-bond acceptors (Lipinski definition) is 3. The number of aromatic amines is 1. The lowest BCUT2D eigenvalue weighted by Gasteiger charge is -2.21. The van der Waals surface area contributed by atoms with Crippen LogP contribution in [0.4, 0.5) is 11.4 Å². The summed E-state index contributed by atoms with van der Waals surface area (Å²) in [6.07, 6.45) is 0. The van der Waals surface area contributed by atoms with E-state index in [0.717, 1.165) is 32.1 Å². The van der Waals surface area contributed by atoms with Crippen LogP contribution in [0.2, 0.25) is 0 Å². The molecule has 0 amide bonds. The molecule has 2 heterocycles. The average Bonchev–Trinajstić information content (AvgIpc) is 2.46. The van der Waals surface area contributed by atoms with Gasteiger partial charge in [-0.15, -0.1) is 0 Å². The zero-order valence-electron chi connectivity index (χ0n) is 10.9. The van der Waals surface area contributed by atoms with Gasteiger partial charge < -0.3 is 10.3 Å². The van der Waals surface area contributed by atoms with E-state index < -0.39 is 0 Å². The first kappa shape index (κ1) is 11.6. The Morgan fingerprint density at radius 1 is 1.10 bits per heavy atom. The van der Waals surface area contributed by atoms with Crippen molar-refractivity contribution in [2.45, 2.75) is 16.7 Å². The smallest absolute Gasteiger partial charge is 0.264 e. The molecule has 0 fully saturated rings. The van der Waals surface area contributed by atoms with Crippen LogP contribution in [-0.2, 0) is 0 Å². The quantitative estimate of drug-likeness (QED) is 0.511. The summed E-state index contributed by atoms with van der Waals surface area (Å²) in [5.41, 5.74) is 3.98. The predicted octanol–water partition coefficient (Wildman–Crippen LogP) is 4.04. The maximum atomic E-state index is 12.3. The minimum atomic E-state index is -0.0386. The van der Waals surface area contributed by atoms with Crippen molar-refractivity contribution >= 4 is 34.0 Å². The van der Waals surface area contributed by atoms with Crippen molar-refractivity contribution in [3.05, 3.63) is 58.4 Å². The van der Waals surface area contributed by atoms with Crippen LogP contribution < -0.4 is 10.9 Å². The molecular formula is C16H12N2OS. The van der Waals surface area contributed by atoms with Crippen LogP contribution in [0.1, 0.15) is 5.56 Å². The Kier molecular flexibility index (Phi) is 2.41. The van der Waals surface area contributed by atoms with Crippen LogP contribution in [0, 0.1) is 6.92 Å². The normalized spacial score (nSPS) is 12.7. The van der Waals surface area contributed by atoms with E-state index in [1.54, 1.807) is 0 Å². The van der Waals surface area contributed by atoms with E-state index in [9.17, 15) is 4.79 Å². The van der Waals surface area contributed by atoms with E-state index in [1.165, 1.54) is 17.3 Å². The molecule has 2 aromatic carbocycles. The lowest BCUT2D eigenvalue weighted by atomic mass is 10.1. The highest BCUT2D eigenvalue weighted by Crippen LogP contribution is 2.44. The molecule has 3 aromatic rings. The third-order valence-corrected chi connectivity index (χ3v) is 4.64. The van der Waals surface area contributed by atoms with Gasteiger partial charge in [0.05, 0.1) is 16.9 Å². The second kappa shape index (κ2) is 4.15. The highest BCUT2D eigenvalue weighted by molar-refractivity contribution is 7.99. The number of fused-ring (bicyclic) bond motifs is 4. The van der Waals surface area contributed by atoms with Gasteiger partial charge >= 0.3 is 0 Å². The molecule has 1 aliphatic heterocycles. The van der Waals surface area contributed by atoms with Crippen LogP contribution in [0.15, 0.2) is 57.1 Å². The predicted molar refractivity (Wildman–Crippen MR) is 83.2 cm³/mol. The van der Waals surface area contributed by atoms with Gasteiger partial charge in [0, 0.05) is 10.3 Å². The second-order valence-corrected chi connectivity index (χ2v) is 5.98. The molecule has 0 saturated heterocycles. The molecule has 0 radical (unpaired) electrons. The monoisotopic (exact) mass is 280 g/mol. The number of nitrogens with one attached hydrogen (secondary N) is 2. The summed E-state index contributed by atoms with van der Waals surface area (Å²) in [5, 5.41) is 4.45. The Hall–Kier alpha value is -2.20. The summed E-state index contributed by atoms with van der Waals surface area (Å²) in [7, 11) is 0. The molecule has 4 rings (SSSR count). The number of para-hydroxylation sites is 1. The van der Waals surface area contributed by atoms with Crippen molar-refractivity contribution in [3.63, 3.8) is 0 Å². The molecule has 20 heavy (non-hydrogen) atoms. The summed E-state index contributed by atoms with van der Waals surface area (Å²) in [6.45, 7) is 2.06. The van der Waals surface area contributed by atoms with E-state index in [4.69, 9.17) is 0 Å². The molecule has 0 atom stereocenters. The minimum Gasteiger partial charge on any atom is -0.353 e. The van der Waals surface area contributed by atoms with Crippen molar-refractivity contribution in [2.75, 3.05) is 5.32 Å². The van der Waals surface area contributed by atoms with Crippen molar-refractivity contribution in [1.82, 2.24) is 4.98 Å². The van der Waals surface area contributed by atoms with E-state index >= 15 is 0 Å². The topological polar surface area (TPSA) is 44.9 Å².